The van der Waals surface area contributed by atoms with Crippen molar-refractivity contribution in [3.63, 3.8) is 0 Å². The Morgan fingerprint density at radius 3 is 1.75 bits per heavy atom. The first-order valence-corrected chi connectivity index (χ1v) is 10.4. The van der Waals surface area contributed by atoms with E-state index >= 15 is 0 Å². The predicted molar refractivity (Wildman–Crippen MR) is 105 cm³/mol. The third kappa shape index (κ3) is 14.8. The number of carbonyl (C=O) groups is 1. The van der Waals surface area contributed by atoms with Crippen LogP contribution in [0.1, 0.15) is 111 Å². The molecule has 0 bridgehead atoms. The molecule has 0 saturated heterocycles. The normalized spacial score (nSPS) is 12.1. The Labute approximate surface area is 151 Å². The third-order valence-electron chi connectivity index (χ3n) is 4.73. The molecule has 0 N–H and O–H groups in total. The molecule has 0 spiro atoms. The third-order valence-corrected chi connectivity index (χ3v) is 4.73. The van der Waals surface area contributed by atoms with Gasteiger partial charge in [0.1, 0.15) is 0 Å². The number of unbranched alkanes of at least 4 members (excludes halogenated alkanes) is 10. The van der Waals surface area contributed by atoms with Gasteiger partial charge in [0.2, 0.25) is 0 Å². The standard InChI is InChI=1S/C22H42O2/c1-5-7-9-10-11-12-13-14-15-16-18-21(17-8-6-2)19-24-22(23)20(3)4/h21H,3,5-19H2,1-2,4H3. The predicted octanol–water partition coefficient (Wildman–Crippen LogP) is 7.22. The zero-order valence-corrected chi connectivity index (χ0v) is 16.7. The summed E-state index contributed by atoms with van der Waals surface area (Å²) in [6.45, 7) is 10.4. The molecule has 0 saturated carbocycles. The van der Waals surface area contributed by atoms with E-state index < -0.39 is 0 Å². The Morgan fingerprint density at radius 2 is 1.25 bits per heavy atom. The second-order valence-electron chi connectivity index (χ2n) is 7.36. The minimum Gasteiger partial charge on any atom is -0.462 e. The maximum absolute atomic E-state index is 11.5. The first-order valence-electron chi connectivity index (χ1n) is 10.4. The van der Waals surface area contributed by atoms with Gasteiger partial charge in [-0.05, 0) is 25.7 Å². The molecule has 0 aliphatic heterocycles. The van der Waals surface area contributed by atoms with Crippen LogP contribution in [-0.2, 0) is 9.53 Å². The Kier molecular flexibility index (Phi) is 16.5. The van der Waals surface area contributed by atoms with E-state index in [2.05, 4.69) is 20.4 Å². The number of hydrogen-bond donors (Lipinski definition) is 0. The molecule has 2 nitrogen and oxygen atoms in total. The summed E-state index contributed by atoms with van der Waals surface area (Å²) in [4.78, 5) is 11.5. The molecule has 1 unspecified atom stereocenters. The lowest BCUT2D eigenvalue weighted by molar-refractivity contribution is -0.140. The van der Waals surface area contributed by atoms with Gasteiger partial charge in [-0.3, -0.25) is 0 Å². The summed E-state index contributed by atoms with van der Waals surface area (Å²) in [5.41, 5.74) is 0.503. The topological polar surface area (TPSA) is 26.3 Å². The molecule has 0 fully saturated rings. The Bertz CT molecular complexity index is 309. The van der Waals surface area contributed by atoms with Crippen LogP contribution in [0.4, 0.5) is 0 Å². The highest BCUT2D eigenvalue weighted by atomic mass is 16.5. The largest absolute Gasteiger partial charge is 0.462 e. The van der Waals surface area contributed by atoms with E-state index in [1.165, 1.54) is 89.9 Å². The molecule has 1 atom stereocenters. The molecule has 142 valence electrons. The maximum Gasteiger partial charge on any atom is 0.333 e. The van der Waals surface area contributed by atoms with Gasteiger partial charge in [-0.15, -0.1) is 0 Å². The lowest BCUT2D eigenvalue weighted by atomic mass is 9.95. The second-order valence-corrected chi connectivity index (χ2v) is 7.36. The smallest absolute Gasteiger partial charge is 0.333 e. The molecular weight excluding hydrogens is 296 g/mol. The zero-order chi connectivity index (χ0) is 18.0. The molecule has 0 aromatic carbocycles. The van der Waals surface area contributed by atoms with E-state index in [1.807, 2.05) is 0 Å². The lowest BCUT2D eigenvalue weighted by Crippen LogP contribution is -2.15. The van der Waals surface area contributed by atoms with Crippen molar-refractivity contribution in [1.29, 1.82) is 0 Å². The van der Waals surface area contributed by atoms with E-state index in [0.29, 0.717) is 18.1 Å². The fourth-order valence-corrected chi connectivity index (χ4v) is 3.04. The molecule has 0 radical (unpaired) electrons. The summed E-state index contributed by atoms with van der Waals surface area (Å²) in [6.07, 6.45) is 18.5. The average molecular weight is 339 g/mol. The van der Waals surface area contributed by atoms with E-state index in [0.717, 1.165) is 0 Å². The maximum atomic E-state index is 11.5. The summed E-state index contributed by atoms with van der Waals surface area (Å²) in [6, 6.07) is 0. The summed E-state index contributed by atoms with van der Waals surface area (Å²) in [5, 5.41) is 0. The van der Waals surface area contributed by atoms with Crippen LogP contribution in [0.2, 0.25) is 0 Å². The molecule has 0 heterocycles. The summed E-state index contributed by atoms with van der Waals surface area (Å²) < 4.78 is 5.37. The minimum absolute atomic E-state index is 0.237. The molecule has 0 amide bonds. The van der Waals surface area contributed by atoms with Crippen molar-refractivity contribution in [1.82, 2.24) is 0 Å². The number of rotatable bonds is 17. The highest BCUT2D eigenvalue weighted by Gasteiger charge is 2.12. The van der Waals surface area contributed by atoms with E-state index in [9.17, 15) is 4.79 Å². The fraction of sp³-hybridized carbons (Fsp3) is 0.864. The Hall–Kier alpha value is -0.790. The van der Waals surface area contributed by atoms with Gasteiger partial charge in [-0.2, -0.15) is 0 Å². The van der Waals surface area contributed by atoms with Gasteiger partial charge in [0.15, 0.2) is 0 Å². The van der Waals surface area contributed by atoms with Crippen LogP contribution >= 0.6 is 0 Å². The zero-order valence-electron chi connectivity index (χ0n) is 16.7. The van der Waals surface area contributed by atoms with Crippen LogP contribution < -0.4 is 0 Å². The van der Waals surface area contributed by atoms with Gasteiger partial charge in [-0.1, -0.05) is 97.5 Å². The highest BCUT2D eigenvalue weighted by molar-refractivity contribution is 5.86. The number of hydrogen-bond acceptors (Lipinski definition) is 2. The van der Waals surface area contributed by atoms with Crippen LogP contribution in [0, 0.1) is 5.92 Å². The van der Waals surface area contributed by atoms with Crippen molar-refractivity contribution in [3.8, 4) is 0 Å². The molecule has 24 heavy (non-hydrogen) atoms. The molecule has 0 aromatic rings. The van der Waals surface area contributed by atoms with Crippen molar-refractivity contribution >= 4 is 5.97 Å². The van der Waals surface area contributed by atoms with Gasteiger partial charge in [0, 0.05) is 5.57 Å². The lowest BCUT2D eigenvalue weighted by Gasteiger charge is -2.16. The fourth-order valence-electron chi connectivity index (χ4n) is 3.04. The number of ether oxygens (including phenoxy) is 1. The minimum atomic E-state index is -0.237. The quantitative estimate of drug-likeness (QED) is 0.159. The van der Waals surface area contributed by atoms with Crippen molar-refractivity contribution in [3.05, 3.63) is 12.2 Å². The van der Waals surface area contributed by atoms with Crippen LogP contribution in [-0.4, -0.2) is 12.6 Å². The van der Waals surface area contributed by atoms with E-state index in [4.69, 9.17) is 4.74 Å². The first kappa shape index (κ1) is 23.2. The molecule has 0 aliphatic rings. The Morgan fingerprint density at radius 1 is 0.792 bits per heavy atom. The van der Waals surface area contributed by atoms with Crippen LogP contribution in [0.25, 0.3) is 0 Å². The van der Waals surface area contributed by atoms with Crippen LogP contribution in [0.15, 0.2) is 12.2 Å². The van der Waals surface area contributed by atoms with Crippen LogP contribution in [0.3, 0.4) is 0 Å². The molecule has 0 aromatic heterocycles. The van der Waals surface area contributed by atoms with Crippen molar-refractivity contribution in [2.75, 3.05) is 6.61 Å². The van der Waals surface area contributed by atoms with Crippen molar-refractivity contribution < 1.29 is 9.53 Å². The van der Waals surface area contributed by atoms with E-state index in [1.54, 1.807) is 6.92 Å². The SMILES string of the molecule is C=C(C)C(=O)OCC(CCCC)CCCCCCCCCCCC. The summed E-state index contributed by atoms with van der Waals surface area (Å²) >= 11 is 0. The van der Waals surface area contributed by atoms with Gasteiger partial charge in [0.05, 0.1) is 6.61 Å². The first-order chi connectivity index (χ1) is 11.6. The summed E-state index contributed by atoms with van der Waals surface area (Å²) in [5.74, 6) is 0.293. The van der Waals surface area contributed by atoms with Crippen molar-refractivity contribution in [2.24, 2.45) is 5.92 Å². The van der Waals surface area contributed by atoms with Crippen LogP contribution in [0.5, 0.6) is 0 Å². The molecule has 2 heteroatoms. The van der Waals surface area contributed by atoms with Crippen molar-refractivity contribution in [2.45, 2.75) is 111 Å². The summed E-state index contributed by atoms with van der Waals surface area (Å²) in [7, 11) is 0. The number of carbonyl (C=O) groups excluding carboxylic acids is 1. The van der Waals surface area contributed by atoms with Gasteiger partial charge >= 0.3 is 5.97 Å². The van der Waals surface area contributed by atoms with Gasteiger partial charge in [0.25, 0.3) is 0 Å². The molecule has 0 aliphatic carbocycles. The van der Waals surface area contributed by atoms with Gasteiger partial charge in [-0.25, -0.2) is 4.79 Å². The monoisotopic (exact) mass is 338 g/mol. The number of esters is 1. The molecular formula is C22H42O2. The Balaban J connectivity index is 3.67. The molecule has 0 rings (SSSR count). The second kappa shape index (κ2) is 17.0. The van der Waals surface area contributed by atoms with Gasteiger partial charge < -0.3 is 4.74 Å². The highest BCUT2D eigenvalue weighted by Crippen LogP contribution is 2.19. The van der Waals surface area contributed by atoms with E-state index in [-0.39, 0.29) is 5.97 Å². The average Bonchev–Trinajstić information content (AvgIpc) is 2.57.